The predicted molar refractivity (Wildman–Crippen MR) is 110 cm³/mol. The topological polar surface area (TPSA) is 93.7 Å². The molecule has 28 heavy (non-hydrogen) atoms. The fourth-order valence-electron chi connectivity index (χ4n) is 2.56. The fourth-order valence-corrected chi connectivity index (χ4v) is 2.56. The number of rotatable bonds is 14. The molecule has 2 N–H and O–H groups in total. The lowest BCUT2D eigenvalue weighted by atomic mass is 10.1. The molecule has 0 radical (unpaired) electrons. The fraction of sp³-hybridized carbons (Fsp3) is 0.857. The van der Waals surface area contributed by atoms with Crippen LogP contribution in [-0.4, -0.2) is 43.3 Å². The Morgan fingerprint density at radius 3 is 1.93 bits per heavy atom. The highest BCUT2D eigenvalue weighted by atomic mass is 16.5. The number of carbonyl (C=O) groups excluding carboxylic acids is 3. The van der Waals surface area contributed by atoms with Crippen molar-refractivity contribution in [2.24, 2.45) is 11.8 Å². The van der Waals surface area contributed by atoms with Crippen molar-refractivity contribution in [2.75, 3.05) is 13.2 Å². The van der Waals surface area contributed by atoms with Crippen molar-refractivity contribution >= 4 is 18.0 Å². The second-order valence-electron chi connectivity index (χ2n) is 8.03. The van der Waals surface area contributed by atoms with Crippen LogP contribution in [0, 0.1) is 11.8 Å². The van der Waals surface area contributed by atoms with E-state index in [1.165, 1.54) is 0 Å². The monoisotopic (exact) mass is 400 g/mol. The van der Waals surface area contributed by atoms with E-state index >= 15 is 0 Å². The van der Waals surface area contributed by atoms with Crippen LogP contribution < -0.4 is 10.6 Å². The molecule has 0 fully saturated rings. The Labute approximate surface area is 170 Å². The molecule has 0 aromatic heterocycles. The molecule has 0 bridgehead atoms. The number of esters is 1. The molecule has 7 nitrogen and oxygen atoms in total. The lowest BCUT2D eigenvalue weighted by Gasteiger charge is -2.22. The molecule has 164 valence electrons. The SMILES string of the molecule is CCCC(NC(=O)OCC(C)C)C(=O)NC(CCC)C(=O)OCCCC(C)C. The lowest BCUT2D eigenvalue weighted by Crippen LogP contribution is -2.52. The van der Waals surface area contributed by atoms with E-state index in [1.54, 1.807) is 0 Å². The van der Waals surface area contributed by atoms with Gasteiger partial charge in [-0.15, -0.1) is 0 Å². The second-order valence-corrected chi connectivity index (χ2v) is 8.03. The molecular weight excluding hydrogens is 360 g/mol. The molecule has 0 spiro atoms. The number of carbonyl (C=O) groups is 3. The maximum absolute atomic E-state index is 12.6. The van der Waals surface area contributed by atoms with Gasteiger partial charge in [0.2, 0.25) is 5.91 Å². The number of nitrogens with one attached hydrogen (secondary N) is 2. The Bertz CT molecular complexity index is 466. The van der Waals surface area contributed by atoms with Crippen LogP contribution in [0.1, 0.15) is 80.1 Å². The Hall–Kier alpha value is -1.79. The summed E-state index contributed by atoms with van der Waals surface area (Å²) in [6.45, 7) is 12.6. The zero-order valence-electron chi connectivity index (χ0n) is 18.5. The summed E-state index contributed by atoms with van der Waals surface area (Å²) < 4.78 is 10.4. The predicted octanol–water partition coefficient (Wildman–Crippen LogP) is 3.80. The summed E-state index contributed by atoms with van der Waals surface area (Å²) >= 11 is 0. The second kappa shape index (κ2) is 15.2. The van der Waals surface area contributed by atoms with Crippen LogP contribution in [0.2, 0.25) is 0 Å². The first-order valence-corrected chi connectivity index (χ1v) is 10.6. The number of alkyl carbamates (subject to hydrolysis) is 1. The summed E-state index contributed by atoms with van der Waals surface area (Å²) in [4.78, 5) is 36.9. The molecule has 0 aromatic rings. The third-order valence-electron chi connectivity index (χ3n) is 4.08. The Kier molecular flexibility index (Phi) is 14.2. The summed E-state index contributed by atoms with van der Waals surface area (Å²) in [7, 11) is 0. The Morgan fingerprint density at radius 2 is 1.39 bits per heavy atom. The standard InChI is InChI=1S/C21H40N2O5/c1-7-10-17(23-21(26)28-14-16(5)6)19(24)22-18(11-8-2)20(25)27-13-9-12-15(3)4/h15-18H,7-14H2,1-6H3,(H,22,24)(H,23,26). The van der Waals surface area contributed by atoms with Crippen LogP contribution in [0.25, 0.3) is 0 Å². The number of ether oxygens (including phenoxy) is 2. The van der Waals surface area contributed by atoms with Crippen molar-refractivity contribution in [3.05, 3.63) is 0 Å². The Morgan fingerprint density at radius 1 is 0.786 bits per heavy atom. The average molecular weight is 401 g/mol. The molecule has 0 saturated carbocycles. The third kappa shape index (κ3) is 12.6. The van der Waals surface area contributed by atoms with E-state index in [4.69, 9.17) is 9.47 Å². The summed E-state index contributed by atoms with van der Waals surface area (Å²) in [5.74, 6) is -0.0395. The van der Waals surface area contributed by atoms with Crippen LogP contribution in [0.5, 0.6) is 0 Å². The first-order chi connectivity index (χ1) is 13.2. The van der Waals surface area contributed by atoms with E-state index in [2.05, 4.69) is 24.5 Å². The van der Waals surface area contributed by atoms with E-state index in [0.717, 1.165) is 19.3 Å². The molecule has 2 unspecified atom stereocenters. The highest BCUT2D eigenvalue weighted by molar-refractivity contribution is 5.89. The quantitative estimate of drug-likeness (QED) is 0.342. The summed E-state index contributed by atoms with van der Waals surface area (Å²) in [5, 5.41) is 5.34. The van der Waals surface area contributed by atoms with Gasteiger partial charge in [0.25, 0.3) is 0 Å². The number of hydrogen-bond donors (Lipinski definition) is 2. The van der Waals surface area contributed by atoms with Crippen molar-refractivity contribution in [1.29, 1.82) is 0 Å². The molecule has 7 heteroatoms. The van der Waals surface area contributed by atoms with Gasteiger partial charge < -0.3 is 20.1 Å². The van der Waals surface area contributed by atoms with Crippen LogP contribution >= 0.6 is 0 Å². The summed E-state index contributed by atoms with van der Waals surface area (Å²) in [5.41, 5.74) is 0. The molecule has 2 atom stereocenters. The molecule has 2 amide bonds. The largest absolute Gasteiger partial charge is 0.464 e. The van der Waals surface area contributed by atoms with Gasteiger partial charge >= 0.3 is 12.1 Å². The van der Waals surface area contributed by atoms with Crippen molar-refractivity contribution in [3.8, 4) is 0 Å². The minimum atomic E-state index is -0.738. The van der Waals surface area contributed by atoms with Gasteiger partial charge in [-0.05, 0) is 37.5 Å². The molecule has 0 heterocycles. The Balaban J connectivity index is 4.72. The van der Waals surface area contributed by atoms with Gasteiger partial charge in [0, 0.05) is 0 Å². The average Bonchev–Trinajstić information content (AvgIpc) is 2.62. The normalized spacial score (nSPS) is 13.1. The van der Waals surface area contributed by atoms with Gasteiger partial charge in [0.1, 0.15) is 12.1 Å². The van der Waals surface area contributed by atoms with Crippen molar-refractivity contribution < 1.29 is 23.9 Å². The highest BCUT2D eigenvalue weighted by Crippen LogP contribution is 2.07. The summed E-state index contributed by atoms with van der Waals surface area (Å²) in [6.07, 6.45) is 3.56. The smallest absolute Gasteiger partial charge is 0.407 e. The van der Waals surface area contributed by atoms with E-state index in [-0.39, 0.29) is 18.4 Å². The highest BCUT2D eigenvalue weighted by Gasteiger charge is 2.27. The van der Waals surface area contributed by atoms with Crippen LogP contribution in [-0.2, 0) is 19.1 Å². The van der Waals surface area contributed by atoms with Gasteiger partial charge in [-0.1, -0.05) is 54.4 Å². The maximum atomic E-state index is 12.6. The van der Waals surface area contributed by atoms with Crippen molar-refractivity contribution in [1.82, 2.24) is 10.6 Å². The first-order valence-electron chi connectivity index (χ1n) is 10.6. The maximum Gasteiger partial charge on any atom is 0.407 e. The van der Waals surface area contributed by atoms with Crippen LogP contribution in [0.4, 0.5) is 4.79 Å². The lowest BCUT2D eigenvalue weighted by molar-refractivity contribution is -0.148. The molecule has 0 aliphatic rings. The van der Waals surface area contributed by atoms with Crippen molar-refractivity contribution in [3.63, 3.8) is 0 Å². The zero-order chi connectivity index (χ0) is 21.5. The minimum absolute atomic E-state index is 0.212. The number of hydrogen-bond acceptors (Lipinski definition) is 5. The molecule has 0 aromatic carbocycles. The van der Waals surface area contributed by atoms with E-state index in [0.29, 0.717) is 31.8 Å². The molecular formula is C21H40N2O5. The van der Waals surface area contributed by atoms with E-state index in [9.17, 15) is 14.4 Å². The molecule has 0 saturated heterocycles. The molecule has 0 aliphatic carbocycles. The molecule has 0 aliphatic heterocycles. The van der Waals surface area contributed by atoms with Gasteiger partial charge in [0.15, 0.2) is 0 Å². The van der Waals surface area contributed by atoms with E-state index < -0.39 is 24.1 Å². The van der Waals surface area contributed by atoms with Gasteiger partial charge in [0.05, 0.1) is 13.2 Å². The number of amides is 2. The van der Waals surface area contributed by atoms with Crippen molar-refractivity contribution in [2.45, 2.75) is 92.2 Å². The molecule has 0 rings (SSSR count). The van der Waals surface area contributed by atoms with Gasteiger partial charge in [-0.25, -0.2) is 9.59 Å². The first kappa shape index (κ1) is 26.2. The third-order valence-corrected chi connectivity index (χ3v) is 4.08. The van der Waals surface area contributed by atoms with Crippen LogP contribution in [0.15, 0.2) is 0 Å². The van der Waals surface area contributed by atoms with E-state index in [1.807, 2.05) is 27.7 Å². The van der Waals surface area contributed by atoms with Crippen LogP contribution in [0.3, 0.4) is 0 Å². The van der Waals surface area contributed by atoms with Gasteiger partial charge in [-0.3, -0.25) is 4.79 Å². The zero-order valence-corrected chi connectivity index (χ0v) is 18.5. The van der Waals surface area contributed by atoms with Gasteiger partial charge in [-0.2, -0.15) is 0 Å². The minimum Gasteiger partial charge on any atom is -0.464 e. The summed E-state index contributed by atoms with van der Waals surface area (Å²) in [6, 6.07) is -1.44.